The summed E-state index contributed by atoms with van der Waals surface area (Å²) in [5.74, 6) is -0.461. The number of hydrogen-bond acceptors (Lipinski definition) is 5. The normalized spacial score (nSPS) is 13.2. The summed E-state index contributed by atoms with van der Waals surface area (Å²) in [6.45, 7) is 7.45. The molecule has 0 amide bonds. The van der Waals surface area contributed by atoms with Crippen molar-refractivity contribution in [2.24, 2.45) is 0 Å². The molecule has 0 aliphatic rings. The fourth-order valence-electron chi connectivity index (χ4n) is 6.95. The molecule has 0 bridgehead atoms. The first kappa shape index (κ1) is 62.3. The van der Waals surface area contributed by atoms with E-state index in [1.165, 1.54) is 70.6 Å². The van der Waals surface area contributed by atoms with Crippen LogP contribution >= 0.6 is 0 Å². The van der Waals surface area contributed by atoms with Gasteiger partial charge in [0, 0.05) is 19.4 Å². The Bertz CT molecular complexity index is 1350. The van der Waals surface area contributed by atoms with Gasteiger partial charge < -0.3 is 14.2 Å². The third-order valence-electron chi connectivity index (χ3n) is 10.9. The molecular weight excluding hydrogens is 813 g/mol. The highest BCUT2D eigenvalue weighted by Gasteiger charge is 2.17. The second-order valence-electron chi connectivity index (χ2n) is 17.4. The van der Waals surface area contributed by atoms with Crippen LogP contribution in [-0.4, -0.2) is 37.9 Å². The van der Waals surface area contributed by atoms with Crippen LogP contribution < -0.4 is 0 Å². The molecule has 0 saturated carbocycles. The van der Waals surface area contributed by atoms with Crippen molar-refractivity contribution in [3.05, 3.63) is 122 Å². The van der Waals surface area contributed by atoms with Crippen molar-refractivity contribution in [2.45, 2.75) is 232 Å². The third kappa shape index (κ3) is 52.9. The van der Waals surface area contributed by atoms with Gasteiger partial charge in [-0.1, -0.05) is 213 Å². The number of ether oxygens (including phenoxy) is 3. The van der Waals surface area contributed by atoms with Gasteiger partial charge in [0.15, 0.2) is 6.10 Å². The number of rotatable bonds is 48. The second-order valence-corrected chi connectivity index (χ2v) is 17.4. The fraction of sp³-hybridized carbons (Fsp3) is 0.639. The van der Waals surface area contributed by atoms with Gasteiger partial charge in [-0.25, -0.2) is 0 Å². The Morgan fingerprint density at radius 3 is 1.15 bits per heavy atom. The number of carbonyl (C=O) groups excluding carboxylic acids is 2. The zero-order valence-corrected chi connectivity index (χ0v) is 42.9. The number of unbranched alkanes of at least 4 members (excludes halogenated alkanes) is 17. The van der Waals surface area contributed by atoms with Gasteiger partial charge in [-0.15, -0.1) is 0 Å². The highest BCUT2D eigenvalue weighted by molar-refractivity contribution is 5.70. The fourth-order valence-corrected chi connectivity index (χ4v) is 6.95. The van der Waals surface area contributed by atoms with Gasteiger partial charge in [-0.3, -0.25) is 9.59 Å². The molecule has 0 rings (SSSR count). The van der Waals surface area contributed by atoms with Crippen molar-refractivity contribution in [3.63, 3.8) is 0 Å². The Balaban J connectivity index is 4.41. The summed E-state index contributed by atoms with van der Waals surface area (Å²) < 4.78 is 17.3. The van der Waals surface area contributed by atoms with E-state index in [4.69, 9.17) is 14.2 Å². The van der Waals surface area contributed by atoms with Crippen molar-refractivity contribution >= 4 is 11.9 Å². The van der Waals surface area contributed by atoms with E-state index in [9.17, 15) is 9.59 Å². The Morgan fingerprint density at radius 1 is 0.348 bits per heavy atom. The minimum Gasteiger partial charge on any atom is -0.462 e. The molecule has 0 aromatic rings. The molecule has 0 saturated heterocycles. The van der Waals surface area contributed by atoms with Crippen LogP contribution in [0.15, 0.2) is 122 Å². The van der Waals surface area contributed by atoms with E-state index in [1.807, 2.05) is 0 Å². The van der Waals surface area contributed by atoms with Crippen molar-refractivity contribution in [2.75, 3.05) is 19.8 Å². The van der Waals surface area contributed by atoms with E-state index in [2.05, 4.69) is 142 Å². The van der Waals surface area contributed by atoms with Gasteiger partial charge in [0.25, 0.3) is 0 Å². The monoisotopic (exact) mass is 913 g/mol. The van der Waals surface area contributed by atoms with E-state index in [0.29, 0.717) is 19.4 Å². The molecule has 5 nitrogen and oxygen atoms in total. The van der Waals surface area contributed by atoms with Crippen molar-refractivity contribution in [1.29, 1.82) is 0 Å². The van der Waals surface area contributed by atoms with Crippen LogP contribution in [0.25, 0.3) is 0 Å². The van der Waals surface area contributed by atoms with E-state index in [1.54, 1.807) is 0 Å². The molecule has 0 heterocycles. The zero-order valence-electron chi connectivity index (χ0n) is 42.9. The average Bonchev–Trinajstić information content (AvgIpc) is 3.32. The summed E-state index contributed by atoms with van der Waals surface area (Å²) in [7, 11) is 0. The third-order valence-corrected chi connectivity index (χ3v) is 10.9. The van der Waals surface area contributed by atoms with E-state index in [0.717, 1.165) is 122 Å². The molecule has 1 unspecified atom stereocenters. The molecule has 374 valence electrons. The van der Waals surface area contributed by atoms with Crippen molar-refractivity contribution in [1.82, 2.24) is 0 Å². The highest BCUT2D eigenvalue weighted by atomic mass is 16.6. The maximum absolute atomic E-state index is 12.8. The van der Waals surface area contributed by atoms with Gasteiger partial charge in [0.1, 0.15) is 6.61 Å². The van der Waals surface area contributed by atoms with Gasteiger partial charge in [-0.2, -0.15) is 0 Å². The van der Waals surface area contributed by atoms with Crippen LogP contribution in [0, 0.1) is 0 Å². The minimum atomic E-state index is -0.585. The van der Waals surface area contributed by atoms with Crippen LogP contribution in [0.1, 0.15) is 226 Å². The molecule has 66 heavy (non-hydrogen) atoms. The first-order valence-electron chi connectivity index (χ1n) is 27.1. The van der Waals surface area contributed by atoms with Crippen LogP contribution in [0.2, 0.25) is 0 Å². The topological polar surface area (TPSA) is 61.8 Å². The molecule has 0 radical (unpaired) electrons. The smallest absolute Gasteiger partial charge is 0.306 e. The van der Waals surface area contributed by atoms with Gasteiger partial charge >= 0.3 is 11.9 Å². The minimum absolute atomic E-state index is 0.0450. The molecule has 0 aromatic carbocycles. The van der Waals surface area contributed by atoms with Crippen LogP contribution in [0.3, 0.4) is 0 Å². The number of allylic oxidation sites excluding steroid dienone is 20. The summed E-state index contributed by atoms with van der Waals surface area (Å²) in [5, 5.41) is 0. The van der Waals surface area contributed by atoms with Crippen LogP contribution in [0.4, 0.5) is 0 Å². The Hall–Kier alpha value is -3.70. The summed E-state index contributed by atoms with van der Waals surface area (Å²) >= 11 is 0. The Kier molecular flexibility index (Phi) is 52.5. The second kappa shape index (κ2) is 55.6. The maximum atomic E-state index is 12.8. The lowest BCUT2D eigenvalue weighted by atomic mass is 10.1. The predicted molar refractivity (Wildman–Crippen MR) is 288 cm³/mol. The Morgan fingerprint density at radius 2 is 0.712 bits per heavy atom. The summed E-state index contributed by atoms with van der Waals surface area (Å²) in [6, 6.07) is 0. The van der Waals surface area contributed by atoms with Gasteiger partial charge in [0.05, 0.1) is 6.61 Å². The van der Waals surface area contributed by atoms with Crippen molar-refractivity contribution < 1.29 is 23.8 Å². The van der Waals surface area contributed by atoms with E-state index in [-0.39, 0.29) is 25.2 Å². The predicted octanol–water partition coefficient (Wildman–Crippen LogP) is 18.6. The summed E-state index contributed by atoms with van der Waals surface area (Å²) in [4.78, 5) is 25.4. The van der Waals surface area contributed by atoms with E-state index < -0.39 is 6.10 Å². The SMILES string of the molecule is CC/C=C\C/C=C\C/C=C\C/C=C\C/C=C\C/C=C\CCCOCC(COC(=O)CCCCCCCCC/C=C\C/C=C\CCCCC)OC(=O)CCCCCCC/C=C\C/C=C\CCC. The quantitative estimate of drug-likeness (QED) is 0.0346. The standard InChI is InChI=1S/C61H100O5/c1-4-7-10-13-16-19-22-25-27-29-30-31-33-35-38-41-44-47-50-53-56-64-57-59(66-61(63)55-52-49-46-43-40-36-24-21-18-15-12-9-6-3)58-65-60(62)54-51-48-45-42-39-37-34-32-28-26-23-20-17-14-11-8-5-2/h7,10,12,15-17,19-21,24-28,30-31,35,38,44,47,59H,4-6,8-9,11,13-14,18,22-23,29,32-34,36-37,39-43,45-46,48-58H2,1-3H3/b10-7-,15-12-,19-16-,20-17-,24-21-,27-25-,28-26-,31-30-,38-35-,47-44-. The largest absolute Gasteiger partial charge is 0.462 e. The number of carbonyl (C=O) groups is 2. The summed E-state index contributed by atoms with van der Waals surface area (Å²) in [5.41, 5.74) is 0. The zero-order chi connectivity index (χ0) is 47.7. The lowest BCUT2D eigenvalue weighted by Crippen LogP contribution is -2.30. The molecule has 0 fully saturated rings. The Labute approximate surface area is 407 Å². The molecule has 5 heteroatoms. The van der Waals surface area contributed by atoms with Crippen LogP contribution in [0.5, 0.6) is 0 Å². The summed E-state index contributed by atoms with van der Waals surface area (Å²) in [6.07, 6.45) is 77.9. The lowest BCUT2D eigenvalue weighted by Gasteiger charge is -2.18. The molecule has 0 aliphatic heterocycles. The van der Waals surface area contributed by atoms with Gasteiger partial charge in [-0.05, 0) is 122 Å². The molecular formula is C61H100O5. The molecule has 0 aliphatic carbocycles. The molecule has 0 aromatic heterocycles. The number of hydrogen-bond donors (Lipinski definition) is 0. The van der Waals surface area contributed by atoms with Crippen LogP contribution in [-0.2, 0) is 23.8 Å². The molecule has 1 atom stereocenters. The first-order chi connectivity index (χ1) is 32.6. The number of esters is 2. The first-order valence-corrected chi connectivity index (χ1v) is 27.1. The lowest BCUT2D eigenvalue weighted by molar-refractivity contribution is -0.163. The molecule has 0 spiro atoms. The highest BCUT2D eigenvalue weighted by Crippen LogP contribution is 2.13. The maximum Gasteiger partial charge on any atom is 0.306 e. The average molecular weight is 913 g/mol. The van der Waals surface area contributed by atoms with Gasteiger partial charge in [0.2, 0.25) is 0 Å². The van der Waals surface area contributed by atoms with Crippen molar-refractivity contribution in [3.8, 4) is 0 Å². The van der Waals surface area contributed by atoms with E-state index >= 15 is 0 Å². The molecule has 0 N–H and O–H groups in total.